The maximum absolute atomic E-state index is 12.1. The summed E-state index contributed by atoms with van der Waals surface area (Å²) in [5.41, 5.74) is 5.97. The molecule has 0 aromatic carbocycles. The molecule has 1 aliphatic carbocycles. The van der Waals surface area contributed by atoms with E-state index in [0.29, 0.717) is 45.1 Å². The van der Waals surface area contributed by atoms with Crippen LogP contribution in [0.5, 0.6) is 0 Å². The molecule has 0 aromatic rings. The number of amides is 2. The Labute approximate surface area is 113 Å². The van der Waals surface area contributed by atoms with Crippen molar-refractivity contribution >= 4 is 12.0 Å². The van der Waals surface area contributed by atoms with Crippen LogP contribution in [-0.2, 0) is 9.53 Å². The molecule has 19 heavy (non-hydrogen) atoms. The normalized spacial score (nSPS) is 21.2. The number of carbonyl (C=O) groups excluding carboxylic acids is 2. The quantitative estimate of drug-likeness (QED) is 0.802. The molecule has 0 spiro atoms. The summed E-state index contributed by atoms with van der Waals surface area (Å²) in [5.74, 6) is 0.660. The molecule has 2 amide bonds. The van der Waals surface area contributed by atoms with Gasteiger partial charge in [-0.1, -0.05) is 0 Å². The molecule has 1 saturated heterocycles. The SMILES string of the molecule is CCOC(=O)N1CCN(C(=O)CC(N)C2CC2)CC1. The Morgan fingerprint density at radius 2 is 1.79 bits per heavy atom. The summed E-state index contributed by atoms with van der Waals surface area (Å²) in [6.07, 6.45) is 2.46. The standard InChI is InChI=1S/C13H23N3O3/c1-2-19-13(18)16-7-5-15(6-8-16)12(17)9-11(14)10-3-4-10/h10-11H,2-9,14H2,1H3. The number of hydrogen-bond acceptors (Lipinski definition) is 4. The van der Waals surface area contributed by atoms with E-state index in [1.165, 1.54) is 0 Å². The number of rotatable bonds is 4. The molecule has 6 nitrogen and oxygen atoms in total. The second kappa shape index (κ2) is 6.23. The van der Waals surface area contributed by atoms with Gasteiger partial charge in [0.25, 0.3) is 0 Å². The highest BCUT2D eigenvalue weighted by molar-refractivity contribution is 5.77. The predicted molar refractivity (Wildman–Crippen MR) is 70.5 cm³/mol. The van der Waals surface area contributed by atoms with Crippen LogP contribution in [-0.4, -0.2) is 60.6 Å². The first-order valence-corrected chi connectivity index (χ1v) is 7.07. The highest BCUT2D eigenvalue weighted by atomic mass is 16.6. The van der Waals surface area contributed by atoms with Crippen molar-refractivity contribution in [1.29, 1.82) is 0 Å². The molecule has 0 aromatic heterocycles. The van der Waals surface area contributed by atoms with E-state index in [0.717, 1.165) is 12.8 Å². The van der Waals surface area contributed by atoms with E-state index in [-0.39, 0.29) is 18.0 Å². The highest BCUT2D eigenvalue weighted by Gasteiger charge is 2.32. The number of carbonyl (C=O) groups is 2. The molecular weight excluding hydrogens is 246 g/mol. The molecule has 2 aliphatic rings. The van der Waals surface area contributed by atoms with Crippen LogP contribution < -0.4 is 5.73 Å². The van der Waals surface area contributed by atoms with Gasteiger partial charge in [-0.15, -0.1) is 0 Å². The molecule has 2 rings (SSSR count). The van der Waals surface area contributed by atoms with Crippen LogP contribution in [0.25, 0.3) is 0 Å². The van der Waals surface area contributed by atoms with Gasteiger partial charge in [-0.2, -0.15) is 0 Å². The monoisotopic (exact) mass is 269 g/mol. The lowest BCUT2D eigenvalue weighted by Gasteiger charge is -2.34. The molecule has 0 radical (unpaired) electrons. The first-order chi connectivity index (χ1) is 9.11. The van der Waals surface area contributed by atoms with Crippen LogP contribution in [0.15, 0.2) is 0 Å². The molecule has 1 aliphatic heterocycles. The Balaban J connectivity index is 1.72. The molecule has 0 bridgehead atoms. The second-order valence-electron chi connectivity index (χ2n) is 5.27. The summed E-state index contributed by atoms with van der Waals surface area (Å²) in [4.78, 5) is 27.0. The van der Waals surface area contributed by atoms with Gasteiger partial charge in [0.2, 0.25) is 5.91 Å². The van der Waals surface area contributed by atoms with E-state index in [4.69, 9.17) is 10.5 Å². The zero-order valence-corrected chi connectivity index (χ0v) is 11.5. The van der Waals surface area contributed by atoms with Gasteiger partial charge in [-0.25, -0.2) is 4.79 Å². The van der Waals surface area contributed by atoms with Crippen LogP contribution in [0.1, 0.15) is 26.2 Å². The average Bonchev–Trinajstić information content (AvgIpc) is 3.23. The van der Waals surface area contributed by atoms with Crippen molar-refractivity contribution in [3.63, 3.8) is 0 Å². The summed E-state index contributed by atoms with van der Waals surface area (Å²) >= 11 is 0. The van der Waals surface area contributed by atoms with Gasteiger partial charge in [-0.3, -0.25) is 4.79 Å². The molecule has 1 atom stereocenters. The molecule has 2 N–H and O–H groups in total. The van der Waals surface area contributed by atoms with Gasteiger partial charge >= 0.3 is 6.09 Å². The molecule has 1 saturated carbocycles. The molecular formula is C13H23N3O3. The van der Waals surface area contributed by atoms with Crippen molar-refractivity contribution in [1.82, 2.24) is 9.80 Å². The first kappa shape index (κ1) is 14.1. The molecule has 108 valence electrons. The number of nitrogens with zero attached hydrogens (tertiary/aromatic N) is 2. The summed E-state index contributed by atoms with van der Waals surface area (Å²) < 4.78 is 4.94. The van der Waals surface area contributed by atoms with E-state index in [1.54, 1.807) is 16.7 Å². The smallest absolute Gasteiger partial charge is 0.409 e. The van der Waals surface area contributed by atoms with Crippen molar-refractivity contribution in [2.45, 2.75) is 32.2 Å². The minimum Gasteiger partial charge on any atom is -0.450 e. The number of ether oxygens (including phenoxy) is 1. The predicted octanol–water partition coefficient (Wildman–Crippen LogP) is 0.415. The summed E-state index contributed by atoms with van der Waals surface area (Å²) in [6.45, 7) is 4.42. The van der Waals surface area contributed by atoms with Crippen LogP contribution >= 0.6 is 0 Å². The minimum atomic E-state index is -0.288. The minimum absolute atomic E-state index is 0.00980. The van der Waals surface area contributed by atoms with Gasteiger partial charge < -0.3 is 20.3 Å². The van der Waals surface area contributed by atoms with E-state index in [1.807, 2.05) is 0 Å². The summed E-state index contributed by atoms with van der Waals surface area (Å²) in [5, 5.41) is 0. The van der Waals surface area contributed by atoms with Gasteiger partial charge in [-0.05, 0) is 25.7 Å². The average molecular weight is 269 g/mol. The Kier molecular flexibility index (Phi) is 4.63. The van der Waals surface area contributed by atoms with Crippen LogP contribution in [0.3, 0.4) is 0 Å². The fourth-order valence-electron chi connectivity index (χ4n) is 2.37. The zero-order valence-electron chi connectivity index (χ0n) is 11.5. The molecule has 6 heteroatoms. The Morgan fingerprint density at radius 1 is 1.21 bits per heavy atom. The fourth-order valence-corrected chi connectivity index (χ4v) is 2.37. The molecule has 2 fully saturated rings. The fraction of sp³-hybridized carbons (Fsp3) is 0.846. The van der Waals surface area contributed by atoms with Crippen molar-refractivity contribution < 1.29 is 14.3 Å². The van der Waals surface area contributed by atoms with Crippen molar-refractivity contribution in [3.05, 3.63) is 0 Å². The Hall–Kier alpha value is -1.30. The van der Waals surface area contributed by atoms with Gasteiger partial charge in [0, 0.05) is 38.6 Å². The van der Waals surface area contributed by atoms with E-state index in [2.05, 4.69) is 0 Å². The lowest BCUT2D eigenvalue weighted by atomic mass is 10.1. The Bertz CT molecular complexity index is 336. The van der Waals surface area contributed by atoms with E-state index >= 15 is 0 Å². The third-order valence-electron chi connectivity index (χ3n) is 3.80. The Morgan fingerprint density at radius 3 is 2.32 bits per heavy atom. The molecule has 1 unspecified atom stereocenters. The van der Waals surface area contributed by atoms with Gasteiger partial charge in [0.05, 0.1) is 6.61 Å². The number of hydrogen-bond donors (Lipinski definition) is 1. The van der Waals surface area contributed by atoms with Crippen molar-refractivity contribution in [3.8, 4) is 0 Å². The zero-order chi connectivity index (χ0) is 13.8. The van der Waals surface area contributed by atoms with E-state index < -0.39 is 0 Å². The van der Waals surface area contributed by atoms with Crippen molar-refractivity contribution in [2.75, 3.05) is 32.8 Å². The lowest BCUT2D eigenvalue weighted by molar-refractivity contribution is -0.133. The third kappa shape index (κ3) is 3.83. The maximum atomic E-state index is 12.1. The number of nitrogens with two attached hydrogens (primary N) is 1. The molecule has 1 heterocycles. The summed E-state index contributed by atoms with van der Waals surface area (Å²) in [6, 6.07) is 0.00980. The van der Waals surface area contributed by atoms with Crippen LogP contribution in [0, 0.1) is 5.92 Å². The van der Waals surface area contributed by atoms with Crippen molar-refractivity contribution in [2.24, 2.45) is 11.7 Å². The second-order valence-corrected chi connectivity index (χ2v) is 5.27. The maximum Gasteiger partial charge on any atom is 0.409 e. The topological polar surface area (TPSA) is 75.9 Å². The first-order valence-electron chi connectivity index (χ1n) is 7.07. The van der Waals surface area contributed by atoms with Crippen LogP contribution in [0.2, 0.25) is 0 Å². The number of piperazine rings is 1. The van der Waals surface area contributed by atoms with E-state index in [9.17, 15) is 9.59 Å². The largest absolute Gasteiger partial charge is 0.450 e. The highest BCUT2D eigenvalue weighted by Crippen LogP contribution is 2.33. The lowest BCUT2D eigenvalue weighted by Crippen LogP contribution is -2.51. The third-order valence-corrected chi connectivity index (χ3v) is 3.80. The van der Waals surface area contributed by atoms with Gasteiger partial charge in [0.15, 0.2) is 0 Å². The van der Waals surface area contributed by atoms with Crippen LogP contribution in [0.4, 0.5) is 4.79 Å². The van der Waals surface area contributed by atoms with Gasteiger partial charge in [0.1, 0.15) is 0 Å². The summed E-state index contributed by atoms with van der Waals surface area (Å²) in [7, 11) is 0.